The van der Waals surface area contributed by atoms with Crippen LogP contribution in [0, 0.1) is 11.8 Å². The Labute approximate surface area is 313 Å². The van der Waals surface area contributed by atoms with Crippen LogP contribution >= 0.6 is 0 Å². The van der Waals surface area contributed by atoms with Crippen LogP contribution in [0.4, 0.5) is 0 Å². The molecule has 0 aliphatic carbocycles. The molecule has 6 nitrogen and oxygen atoms in total. The third-order valence-corrected chi connectivity index (χ3v) is 9.98. The van der Waals surface area contributed by atoms with Crippen molar-refractivity contribution in [2.24, 2.45) is 11.8 Å². The van der Waals surface area contributed by atoms with Crippen molar-refractivity contribution in [2.45, 2.75) is 176 Å². The summed E-state index contributed by atoms with van der Waals surface area (Å²) in [7, 11) is 0. The van der Waals surface area contributed by atoms with E-state index >= 15 is 0 Å². The van der Waals surface area contributed by atoms with Crippen LogP contribution in [0.1, 0.15) is 186 Å². The molecule has 0 bridgehead atoms. The highest BCUT2D eigenvalue weighted by Gasteiger charge is 2.10. The number of rotatable bonds is 29. The molecular weight excluding hydrogens is 633 g/mol. The van der Waals surface area contributed by atoms with Crippen LogP contribution in [0.5, 0.6) is 0 Å². The predicted octanol–water partition coefficient (Wildman–Crippen LogP) is 12.1. The van der Waals surface area contributed by atoms with E-state index in [9.17, 15) is 14.4 Å². The summed E-state index contributed by atoms with van der Waals surface area (Å²) in [5, 5.41) is 8.10. The fourth-order valence-corrected chi connectivity index (χ4v) is 5.91. The first-order chi connectivity index (χ1) is 24.8. The number of amides is 2. The molecule has 51 heavy (non-hydrogen) atoms. The Morgan fingerprint density at radius 3 is 1.65 bits per heavy atom. The molecule has 2 amide bonds. The molecule has 0 saturated carbocycles. The number of esters is 1. The normalized spacial score (nSPS) is 12.1. The third kappa shape index (κ3) is 24.9. The predicted molar refractivity (Wildman–Crippen MR) is 217 cm³/mol. The molecule has 0 spiro atoms. The van der Waals surface area contributed by atoms with Gasteiger partial charge in [0.15, 0.2) is 0 Å². The number of nitrogens with one attached hydrogen (secondary N) is 2. The highest BCUT2D eigenvalue weighted by atomic mass is 16.5. The monoisotopic (exact) mass is 709 g/mol. The molecule has 6 heteroatoms. The number of carbonyl (C=O) groups excluding carboxylic acids is 3. The zero-order valence-electron chi connectivity index (χ0n) is 33.5. The van der Waals surface area contributed by atoms with Gasteiger partial charge in [0.1, 0.15) is 0 Å². The smallest absolute Gasteiger partial charge is 0.305 e. The van der Waals surface area contributed by atoms with Gasteiger partial charge in [0.2, 0.25) is 5.91 Å². The van der Waals surface area contributed by atoms with E-state index < -0.39 is 0 Å². The lowest BCUT2D eigenvalue weighted by molar-refractivity contribution is -0.144. The Hall–Kier alpha value is -2.89. The maximum Gasteiger partial charge on any atom is 0.305 e. The van der Waals surface area contributed by atoms with Crippen molar-refractivity contribution >= 4 is 28.6 Å². The second-order valence-corrected chi connectivity index (χ2v) is 14.8. The Morgan fingerprint density at radius 1 is 0.569 bits per heavy atom. The first-order valence-corrected chi connectivity index (χ1v) is 21.0. The van der Waals surface area contributed by atoms with Gasteiger partial charge >= 0.3 is 5.97 Å². The molecule has 2 atom stereocenters. The van der Waals surface area contributed by atoms with E-state index in [0.29, 0.717) is 31.3 Å². The van der Waals surface area contributed by atoms with Gasteiger partial charge in [0.25, 0.3) is 5.91 Å². The number of unbranched alkanes of at least 4 members (excludes halogenated alkanes) is 16. The van der Waals surface area contributed by atoms with Crippen LogP contribution < -0.4 is 10.6 Å². The van der Waals surface area contributed by atoms with Gasteiger partial charge in [-0.05, 0) is 54.4 Å². The highest BCUT2D eigenvalue weighted by molar-refractivity contribution is 6.07. The minimum absolute atomic E-state index is 0.0205. The van der Waals surface area contributed by atoms with Crippen molar-refractivity contribution in [3.63, 3.8) is 0 Å². The molecule has 0 fully saturated rings. The topological polar surface area (TPSA) is 84.5 Å². The van der Waals surface area contributed by atoms with Crippen LogP contribution in [-0.2, 0) is 14.3 Å². The number of hydrogen-bond donors (Lipinski definition) is 2. The summed E-state index contributed by atoms with van der Waals surface area (Å²) in [6, 6.07) is 13.8. The van der Waals surface area contributed by atoms with Gasteiger partial charge in [0, 0.05) is 31.5 Å². The first kappa shape index (κ1) is 46.1. The highest BCUT2D eigenvalue weighted by Crippen LogP contribution is 2.18. The number of benzene rings is 2. The van der Waals surface area contributed by atoms with E-state index in [-0.39, 0.29) is 17.8 Å². The second-order valence-electron chi connectivity index (χ2n) is 14.8. The van der Waals surface area contributed by atoms with Crippen molar-refractivity contribution in [3.8, 4) is 0 Å². The summed E-state index contributed by atoms with van der Waals surface area (Å²) in [6.45, 7) is 12.8. The average molecular weight is 709 g/mol. The van der Waals surface area contributed by atoms with Gasteiger partial charge < -0.3 is 15.4 Å². The van der Waals surface area contributed by atoms with Crippen molar-refractivity contribution in [2.75, 3.05) is 19.7 Å². The van der Waals surface area contributed by atoms with Crippen LogP contribution in [-0.4, -0.2) is 37.5 Å². The van der Waals surface area contributed by atoms with Crippen LogP contribution in [0.3, 0.4) is 0 Å². The second kappa shape index (κ2) is 31.8. The molecule has 0 aliphatic rings. The molecule has 0 aliphatic heterocycles. The fourth-order valence-electron chi connectivity index (χ4n) is 5.91. The van der Waals surface area contributed by atoms with Gasteiger partial charge in [-0.2, -0.15) is 0 Å². The number of fused-ring (bicyclic) bond motifs is 1. The number of carbonyl (C=O) groups is 3. The molecule has 0 heterocycles. The average Bonchev–Trinajstić information content (AvgIpc) is 3.15. The summed E-state index contributed by atoms with van der Waals surface area (Å²) in [5.74, 6) is 1.16. The molecular formula is C45H76N2O4. The van der Waals surface area contributed by atoms with Gasteiger partial charge in [-0.15, -0.1) is 0 Å². The maximum atomic E-state index is 12.2. The van der Waals surface area contributed by atoms with Gasteiger partial charge in [-0.1, -0.05) is 174 Å². The Kier molecular flexibility index (Phi) is 28.8. The van der Waals surface area contributed by atoms with Crippen molar-refractivity contribution in [3.05, 3.63) is 48.0 Å². The Bertz CT molecular complexity index is 1160. The Balaban J connectivity index is 0.000000600. The van der Waals surface area contributed by atoms with E-state index in [1.807, 2.05) is 42.5 Å². The molecule has 290 valence electrons. The lowest BCUT2D eigenvalue weighted by Gasteiger charge is -2.11. The van der Waals surface area contributed by atoms with E-state index in [4.69, 9.17) is 4.74 Å². The molecule has 0 aromatic heterocycles. The minimum atomic E-state index is -0.0593. The lowest BCUT2D eigenvalue weighted by atomic mass is 10.0. The minimum Gasteiger partial charge on any atom is -0.466 e. The van der Waals surface area contributed by atoms with Crippen LogP contribution in [0.2, 0.25) is 0 Å². The van der Waals surface area contributed by atoms with Crippen molar-refractivity contribution < 1.29 is 19.1 Å². The summed E-state index contributed by atoms with van der Waals surface area (Å²) in [4.78, 5) is 35.7. The van der Waals surface area contributed by atoms with E-state index in [1.165, 1.54) is 83.5 Å². The van der Waals surface area contributed by atoms with Gasteiger partial charge in [0.05, 0.1) is 6.61 Å². The molecule has 0 radical (unpaired) electrons. The standard InChI is InChI=1S/C29H57NO3.C16H19NO/c1-4-6-7-8-9-10-11-12-13-14-15-16-17-18-21-24-29(32)33-25-22-19-20-23-28(31)30-26-27(3)5-2;1-3-12(2)11-17-16(18)15-10-6-8-13-7-4-5-9-14(13)15/h27H,4-26H2,1-3H3,(H,30,31);4-10,12H,3,11H2,1-2H3,(H,17,18). The number of hydrogen-bond acceptors (Lipinski definition) is 4. The number of ether oxygens (including phenoxy) is 1. The lowest BCUT2D eigenvalue weighted by Crippen LogP contribution is -2.28. The third-order valence-electron chi connectivity index (χ3n) is 9.98. The molecule has 2 unspecified atom stereocenters. The van der Waals surface area contributed by atoms with Gasteiger partial charge in [-0.25, -0.2) is 0 Å². The van der Waals surface area contributed by atoms with E-state index in [2.05, 4.69) is 45.3 Å². The quantitative estimate of drug-likeness (QED) is 0.0651. The maximum absolute atomic E-state index is 12.2. The van der Waals surface area contributed by atoms with Crippen molar-refractivity contribution in [1.29, 1.82) is 0 Å². The molecule has 2 rings (SSSR count). The van der Waals surface area contributed by atoms with Crippen LogP contribution in [0.25, 0.3) is 10.8 Å². The summed E-state index contributed by atoms with van der Waals surface area (Å²) in [5.41, 5.74) is 0.761. The molecule has 2 aromatic carbocycles. The first-order valence-electron chi connectivity index (χ1n) is 21.0. The van der Waals surface area contributed by atoms with Crippen molar-refractivity contribution in [1.82, 2.24) is 10.6 Å². The summed E-state index contributed by atoms with van der Waals surface area (Å²) < 4.78 is 5.32. The summed E-state index contributed by atoms with van der Waals surface area (Å²) in [6.07, 6.45) is 26.0. The molecule has 2 N–H and O–H groups in total. The largest absolute Gasteiger partial charge is 0.466 e. The van der Waals surface area contributed by atoms with E-state index in [1.54, 1.807) is 0 Å². The zero-order valence-corrected chi connectivity index (χ0v) is 33.5. The molecule has 0 saturated heterocycles. The fraction of sp³-hybridized carbons (Fsp3) is 0.711. The van der Waals surface area contributed by atoms with Crippen LogP contribution in [0.15, 0.2) is 42.5 Å². The summed E-state index contributed by atoms with van der Waals surface area (Å²) >= 11 is 0. The molecule has 2 aromatic rings. The van der Waals surface area contributed by atoms with Gasteiger partial charge in [-0.3, -0.25) is 14.4 Å². The Morgan fingerprint density at radius 2 is 1.06 bits per heavy atom. The SMILES string of the molecule is CCC(C)CNC(=O)c1cccc2ccccc12.CCCCCCCCCCCCCCCCCC(=O)OCCCCCC(=O)NCC(C)CC. The zero-order chi connectivity index (χ0) is 37.4. The van der Waals surface area contributed by atoms with E-state index in [0.717, 1.165) is 74.4 Å².